The predicted molar refractivity (Wildman–Crippen MR) is 83.5 cm³/mol. The van der Waals surface area contributed by atoms with Crippen molar-refractivity contribution in [1.29, 1.82) is 0 Å². The smallest absolute Gasteiger partial charge is 0.159 e. The minimum atomic E-state index is -0.810. The molecule has 2 atom stereocenters. The molecule has 0 aliphatic carbocycles. The summed E-state index contributed by atoms with van der Waals surface area (Å²) in [4.78, 5) is 3.43. The average molecular weight is 310 g/mol. The number of nitrogens with zero attached hydrogens (tertiary/aromatic N) is 1. The van der Waals surface area contributed by atoms with Crippen LogP contribution in [-0.4, -0.2) is 25.5 Å². The van der Waals surface area contributed by atoms with Crippen molar-refractivity contribution in [1.82, 2.24) is 10.2 Å². The maximum atomic E-state index is 13.3. The van der Waals surface area contributed by atoms with Crippen LogP contribution in [0.2, 0.25) is 0 Å². The SMILES string of the molecule is CC(NCC(c1cccs1)N(C)C)c1ccc(F)c(F)c1. The molecule has 0 aliphatic heterocycles. The second-order valence-corrected chi connectivity index (χ2v) is 6.28. The van der Waals surface area contributed by atoms with Gasteiger partial charge in [0.05, 0.1) is 6.04 Å². The van der Waals surface area contributed by atoms with E-state index < -0.39 is 11.6 Å². The Morgan fingerprint density at radius 2 is 1.95 bits per heavy atom. The molecule has 0 fully saturated rings. The van der Waals surface area contributed by atoms with Crippen LogP contribution in [-0.2, 0) is 0 Å². The molecule has 1 N–H and O–H groups in total. The summed E-state index contributed by atoms with van der Waals surface area (Å²) in [6, 6.07) is 8.41. The van der Waals surface area contributed by atoms with Gasteiger partial charge in [-0.25, -0.2) is 8.78 Å². The first-order chi connectivity index (χ1) is 9.99. The Labute approximate surface area is 128 Å². The van der Waals surface area contributed by atoms with Gasteiger partial charge >= 0.3 is 0 Å². The Bertz CT molecular complexity index is 570. The van der Waals surface area contributed by atoms with Gasteiger partial charge in [-0.3, -0.25) is 0 Å². The van der Waals surface area contributed by atoms with Gasteiger partial charge in [0.25, 0.3) is 0 Å². The normalized spacial score (nSPS) is 14.4. The molecule has 1 aromatic carbocycles. The van der Waals surface area contributed by atoms with Crippen LogP contribution in [0, 0.1) is 11.6 Å². The van der Waals surface area contributed by atoms with Gasteiger partial charge in [0, 0.05) is 17.5 Å². The van der Waals surface area contributed by atoms with E-state index in [4.69, 9.17) is 0 Å². The third-order valence-electron chi connectivity index (χ3n) is 3.56. The summed E-state index contributed by atoms with van der Waals surface area (Å²) in [6.07, 6.45) is 0. The van der Waals surface area contributed by atoms with Crippen LogP contribution in [0.1, 0.15) is 29.4 Å². The van der Waals surface area contributed by atoms with E-state index in [0.717, 1.165) is 12.1 Å². The number of thiophene rings is 1. The molecule has 1 heterocycles. The van der Waals surface area contributed by atoms with E-state index in [1.807, 2.05) is 27.1 Å². The lowest BCUT2D eigenvalue weighted by Crippen LogP contribution is -2.32. The van der Waals surface area contributed by atoms with Crippen LogP contribution < -0.4 is 5.32 Å². The topological polar surface area (TPSA) is 15.3 Å². The van der Waals surface area contributed by atoms with Crippen molar-refractivity contribution in [2.24, 2.45) is 0 Å². The quantitative estimate of drug-likeness (QED) is 0.868. The molecule has 0 saturated heterocycles. The van der Waals surface area contributed by atoms with Gasteiger partial charge in [0.15, 0.2) is 11.6 Å². The Kier molecular flexibility index (Phi) is 5.45. The van der Waals surface area contributed by atoms with E-state index in [1.165, 1.54) is 17.0 Å². The molecular formula is C16H20F2N2S. The third kappa shape index (κ3) is 4.09. The number of halogens is 2. The fourth-order valence-corrected chi connectivity index (χ4v) is 3.13. The van der Waals surface area contributed by atoms with E-state index in [-0.39, 0.29) is 12.1 Å². The fourth-order valence-electron chi connectivity index (χ4n) is 2.21. The highest BCUT2D eigenvalue weighted by Gasteiger charge is 2.17. The average Bonchev–Trinajstić information content (AvgIpc) is 2.95. The van der Waals surface area contributed by atoms with Crippen LogP contribution >= 0.6 is 11.3 Å². The third-order valence-corrected chi connectivity index (χ3v) is 4.53. The van der Waals surface area contributed by atoms with Crippen LogP contribution in [0.25, 0.3) is 0 Å². The molecule has 0 bridgehead atoms. The summed E-state index contributed by atoms with van der Waals surface area (Å²) in [6.45, 7) is 2.70. The minimum absolute atomic E-state index is 0.0393. The molecule has 2 rings (SSSR count). The van der Waals surface area contributed by atoms with Crippen molar-refractivity contribution < 1.29 is 8.78 Å². The molecule has 0 spiro atoms. The summed E-state index contributed by atoms with van der Waals surface area (Å²) in [5.74, 6) is -1.61. The van der Waals surface area contributed by atoms with Crippen molar-refractivity contribution in [3.63, 3.8) is 0 Å². The number of hydrogen-bond acceptors (Lipinski definition) is 3. The number of hydrogen-bond donors (Lipinski definition) is 1. The summed E-state index contributed by atoms with van der Waals surface area (Å²) in [5, 5.41) is 5.45. The van der Waals surface area contributed by atoms with E-state index in [9.17, 15) is 8.78 Å². The lowest BCUT2D eigenvalue weighted by molar-refractivity contribution is 0.285. The van der Waals surface area contributed by atoms with Gasteiger partial charge in [-0.1, -0.05) is 12.1 Å². The van der Waals surface area contributed by atoms with Crippen LogP contribution in [0.4, 0.5) is 8.78 Å². The Morgan fingerprint density at radius 1 is 1.19 bits per heavy atom. The zero-order chi connectivity index (χ0) is 15.4. The summed E-state index contributed by atoms with van der Waals surface area (Å²) in [7, 11) is 4.07. The van der Waals surface area contributed by atoms with Crippen LogP contribution in [0.3, 0.4) is 0 Å². The zero-order valence-electron chi connectivity index (χ0n) is 12.4. The Balaban J connectivity index is 2.01. The van der Waals surface area contributed by atoms with Gasteiger partial charge in [0.2, 0.25) is 0 Å². The zero-order valence-corrected chi connectivity index (χ0v) is 13.3. The van der Waals surface area contributed by atoms with E-state index in [0.29, 0.717) is 0 Å². The molecule has 0 radical (unpaired) electrons. The minimum Gasteiger partial charge on any atom is -0.308 e. The Hall–Kier alpha value is -1.30. The van der Waals surface area contributed by atoms with E-state index in [2.05, 4.69) is 21.7 Å². The largest absolute Gasteiger partial charge is 0.308 e. The van der Waals surface area contributed by atoms with Crippen LogP contribution in [0.15, 0.2) is 35.7 Å². The van der Waals surface area contributed by atoms with Gasteiger partial charge in [0.1, 0.15) is 0 Å². The maximum absolute atomic E-state index is 13.3. The fraction of sp³-hybridized carbons (Fsp3) is 0.375. The molecular weight excluding hydrogens is 290 g/mol. The molecule has 5 heteroatoms. The molecule has 0 amide bonds. The molecule has 1 aromatic heterocycles. The molecule has 114 valence electrons. The van der Waals surface area contributed by atoms with Gasteiger partial charge in [-0.2, -0.15) is 0 Å². The van der Waals surface area contributed by atoms with Crippen molar-refractivity contribution in [2.45, 2.75) is 19.0 Å². The molecule has 21 heavy (non-hydrogen) atoms. The van der Waals surface area contributed by atoms with Gasteiger partial charge in [-0.15, -0.1) is 11.3 Å². The lowest BCUT2D eigenvalue weighted by Gasteiger charge is -2.25. The first-order valence-corrected chi connectivity index (χ1v) is 7.75. The molecule has 0 aliphatic rings. The predicted octanol–water partition coefficient (Wildman–Crippen LogP) is 3.98. The monoisotopic (exact) mass is 310 g/mol. The highest BCUT2D eigenvalue weighted by atomic mass is 32.1. The summed E-state index contributed by atoms with van der Waals surface area (Å²) in [5.41, 5.74) is 0.748. The Morgan fingerprint density at radius 3 is 2.52 bits per heavy atom. The molecule has 0 saturated carbocycles. The highest BCUT2D eigenvalue weighted by molar-refractivity contribution is 7.10. The highest BCUT2D eigenvalue weighted by Crippen LogP contribution is 2.24. The number of nitrogens with one attached hydrogen (secondary N) is 1. The van der Waals surface area contributed by atoms with Crippen molar-refractivity contribution >= 4 is 11.3 Å². The lowest BCUT2D eigenvalue weighted by atomic mass is 10.1. The number of likely N-dealkylation sites (N-methyl/N-ethyl adjacent to an activating group) is 1. The second kappa shape index (κ2) is 7.11. The molecule has 2 unspecified atom stereocenters. The summed E-state index contributed by atoms with van der Waals surface area (Å²) < 4.78 is 26.2. The maximum Gasteiger partial charge on any atom is 0.159 e. The first-order valence-electron chi connectivity index (χ1n) is 6.87. The van der Waals surface area contributed by atoms with Crippen molar-refractivity contribution in [2.75, 3.05) is 20.6 Å². The number of rotatable bonds is 6. The van der Waals surface area contributed by atoms with Gasteiger partial charge < -0.3 is 10.2 Å². The number of benzene rings is 1. The summed E-state index contributed by atoms with van der Waals surface area (Å²) >= 11 is 1.72. The van der Waals surface area contributed by atoms with E-state index in [1.54, 1.807) is 17.4 Å². The van der Waals surface area contributed by atoms with Crippen molar-refractivity contribution in [3.8, 4) is 0 Å². The van der Waals surface area contributed by atoms with Crippen LogP contribution in [0.5, 0.6) is 0 Å². The van der Waals surface area contributed by atoms with Gasteiger partial charge in [-0.05, 0) is 50.2 Å². The molecule has 2 aromatic rings. The first kappa shape index (κ1) is 16.1. The van der Waals surface area contributed by atoms with Crippen molar-refractivity contribution in [3.05, 3.63) is 57.8 Å². The van der Waals surface area contributed by atoms with E-state index >= 15 is 0 Å². The second-order valence-electron chi connectivity index (χ2n) is 5.30. The standard InChI is InChI=1S/C16H20F2N2S/c1-11(12-6-7-13(17)14(18)9-12)19-10-15(20(2)3)16-5-4-8-21-16/h4-9,11,15,19H,10H2,1-3H3. The molecule has 2 nitrogen and oxygen atoms in total.